The molecule has 4 aromatic heterocycles. The van der Waals surface area contributed by atoms with Crippen molar-refractivity contribution in [3.8, 4) is 17.1 Å². The molecule has 8 nitrogen and oxygen atoms in total. The lowest BCUT2D eigenvalue weighted by molar-refractivity contribution is -0.138. The van der Waals surface area contributed by atoms with E-state index in [-0.39, 0.29) is 11.8 Å². The van der Waals surface area contributed by atoms with Crippen molar-refractivity contribution in [2.75, 3.05) is 12.4 Å². The second kappa shape index (κ2) is 6.11. The molecule has 0 bridgehead atoms. The van der Waals surface area contributed by atoms with Gasteiger partial charge in [0, 0.05) is 24.0 Å². The lowest BCUT2D eigenvalue weighted by atomic mass is 10.1. The molecule has 0 saturated carbocycles. The highest BCUT2D eigenvalue weighted by Crippen LogP contribution is 2.34. The maximum atomic E-state index is 12.8. The lowest BCUT2D eigenvalue weighted by Gasteiger charge is -2.17. The van der Waals surface area contributed by atoms with Crippen LogP contribution in [0.15, 0.2) is 30.7 Å². The number of anilines is 1. The Morgan fingerprint density at radius 2 is 2.04 bits per heavy atom. The van der Waals surface area contributed by atoms with Gasteiger partial charge in [0.25, 0.3) is 0 Å². The number of aromatic nitrogens is 6. The van der Waals surface area contributed by atoms with Crippen LogP contribution in [0.5, 0.6) is 5.88 Å². The predicted molar refractivity (Wildman–Crippen MR) is 91.6 cm³/mol. The summed E-state index contributed by atoms with van der Waals surface area (Å²) in [4.78, 5) is 15.7. The van der Waals surface area contributed by atoms with Crippen LogP contribution in [0.4, 0.5) is 19.1 Å². The molecule has 4 heterocycles. The Morgan fingerprint density at radius 1 is 1.22 bits per heavy atom. The number of aromatic amines is 1. The molecule has 0 spiro atoms. The zero-order valence-corrected chi connectivity index (χ0v) is 14.2. The second-order valence-corrected chi connectivity index (χ2v) is 5.84. The standard InChI is InChI=1S/C16H14F3N7O/c1-8(16(17,18)19)22-15-24-13-12(14(25-15)27-2)9(7-20-13)10-4-6-26-11(23-10)3-5-21-26/h3-8H,1-2H3,(H2,20,22,24,25)/t8-/m1/s1. The number of ether oxygens (including phenoxy) is 1. The lowest BCUT2D eigenvalue weighted by Crippen LogP contribution is -2.33. The Kier molecular flexibility index (Phi) is 3.86. The van der Waals surface area contributed by atoms with Crippen LogP contribution in [0.1, 0.15) is 6.92 Å². The zero-order chi connectivity index (χ0) is 19.2. The summed E-state index contributed by atoms with van der Waals surface area (Å²) < 4.78 is 45.3. The van der Waals surface area contributed by atoms with Gasteiger partial charge in [-0.1, -0.05) is 0 Å². The maximum Gasteiger partial charge on any atom is 0.408 e. The van der Waals surface area contributed by atoms with E-state index in [9.17, 15) is 13.2 Å². The van der Waals surface area contributed by atoms with E-state index < -0.39 is 12.2 Å². The molecule has 2 N–H and O–H groups in total. The van der Waals surface area contributed by atoms with E-state index in [0.717, 1.165) is 6.92 Å². The highest BCUT2D eigenvalue weighted by molar-refractivity contribution is 5.97. The average Bonchev–Trinajstić information content (AvgIpc) is 3.26. The van der Waals surface area contributed by atoms with Gasteiger partial charge in [-0.2, -0.15) is 28.2 Å². The summed E-state index contributed by atoms with van der Waals surface area (Å²) in [5.74, 6) is -0.0416. The number of hydrogen-bond donors (Lipinski definition) is 2. The molecule has 0 aromatic carbocycles. The topological polar surface area (TPSA) is 93.0 Å². The molecule has 4 rings (SSSR count). The van der Waals surface area contributed by atoms with E-state index in [4.69, 9.17) is 4.74 Å². The molecule has 4 aromatic rings. The maximum absolute atomic E-state index is 12.8. The van der Waals surface area contributed by atoms with E-state index in [1.807, 2.05) is 0 Å². The molecule has 0 unspecified atom stereocenters. The van der Waals surface area contributed by atoms with Crippen LogP contribution in [-0.4, -0.2) is 48.9 Å². The third-order valence-corrected chi connectivity index (χ3v) is 4.06. The van der Waals surface area contributed by atoms with Gasteiger partial charge in [0.15, 0.2) is 5.65 Å². The minimum atomic E-state index is -4.42. The Labute approximate surface area is 150 Å². The summed E-state index contributed by atoms with van der Waals surface area (Å²) >= 11 is 0. The fraction of sp³-hybridized carbons (Fsp3) is 0.250. The Hall–Kier alpha value is -3.37. The van der Waals surface area contributed by atoms with E-state index >= 15 is 0 Å². The van der Waals surface area contributed by atoms with Crippen molar-refractivity contribution in [3.05, 3.63) is 30.7 Å². The van der Waals surface area contributed by atoms with Crippen molar-refractivity contribution in [3.63, 3.8) is 0 Å². The first-order valence-electron chi connectivity index (χ1n) is 7.94. The van der Waals surface area contributed by atoms with Crippen molar-refractivity contribution in [2.45, 2.75) is 19.1 Å². The molecule has 0 radical (unpaired) electrons. The molecule has 0 aliphatic carbocycles. The van der Waals surface area contributed by atoms with E-state index in [1.165, 1.54) is 7.11 Å². The molecule has 0 amide bonds. The van der Waals surface area contributed by atoms with Crippen LogP contribution in [0.2, 0.25) is 0 Å². The van der Waals surface area contributed by atoms with Gasteiger partial charge in [-0.05, 0) is 13.0 Å². The van der Waals surface area contributed by atoms with Crippen molar-refractivity contribution in [1.82, 2.24) is 29.5 Å². The van der Waals surface area contributed by atoms with Gasteiger partial charge in [0.2, 0.25) is 11.8 Å². The molecule has 11 heteroatoms. The van der Waals surface area contributed by atoms with Gasteiger partial charge in [0.1, 0.15) is 11.7 Å². The second-order valence-electron chi connectivity index (χ2n) is 5.84. The van der Waals surface area contributed by atoms with Gasteiger partial charge < -0.3 is 15.0 Å². The SMILES string of the molecule is COc1nc(N[C@H](C)C(F)(F)F)nc2[nH]cc(-c3ccn4nccc4n3)c12. The number of methoxy groups -OCH3 is 1. The van der Waals surface area contributed by atoms with Crippen molar-refractivity contribution in [2.24, 2.45) is 0 Å². The minimum absolute atomic E-state index is 0.142. The number of nitrogens with one attached hydrogen (secondary N) is 2. The Morgan fingerprint density at radius 3 is 2.78 bits per heavy atom. The fourth-order valence-electron chi connectivity index (χ4n) is 2.65. The fourth-order valence-corrected chi connectivity index (χ4v) is 2.65. The van der Waals surface area contributed by atoms with Gasteiger partial charge in [-0.25, -0.2) is 9.50 Å². The highest BCUT2D eigenvalue weighted by Gasteiger charge is 2.36. The molecule has 0 saturated heterocycles. The van der Waals surface area contributed by atoms with Crippen LogP contribution in [0, 0.1) is 0 Å². The first-order valence-corrected chi connectivity index (χ1v) is 7.94. The quantitative estimate of drug-likeness (QED) is 0.568. The summed E-state index contributed by atoms with van der Waals surface area (Å²) in [7, 11) is 1.39. The normalized spacial score (nSPS) is 13.2. The molecule has 1 atom stereocenters. The monoisotopic (exact) mass is 377 g/mol. The Balaban J connectivity index is 1.80. The van der Waals surface area contributed by atoms with Crippen LogP contribution >= 0.6 is 0 Å². The smallest absolute Gasteiger partial charge is 0.408 e. The molecule has 0 fully saturated rings. The van der Waals surface area contributed by atoms with Crippen molar-refractivity contribution in [1.29, 1.82) is 0 Å². The number of nitrogens with zero attached hydrogens (tertiary/aromatic N) is 5. The molecule has 140 valence electrons. The molecule has 0 aliphatic heterocycles. The van der Waals surface area contributed by atoms with Crippen molar-refractivity contribution < 1.29 is 17.9 Å². The highest BCUT2D eigenvalue weighted by atomic mass is 19.4. The summed E-state index contributed by atoms with van der Waals surface area (Å²) in [6, 6.07) is 1.71. The number of H-pyrrole nitrogens is 1. The minimum Gasteiger partial charge on any atom is -0.480 e. The first kappa shape index (κ1) is 17.1. The average molecular weight is 377 g/mol. The van der Waals surface area contributed by atoms with E-state index in [1.54, 1.807) is 35.2 Å². The van der Waals surface area contributed by atoms with Gasteiger partial charge in [0.05, 0.1) is 24.4 Å². The van der Waals surface area contributed by atoms with Crippen LogP contribution in [-0.2, 0) is 0 Å². The number of rotatable bonds is 4. The number of alkyl halides is 3. The van der Waals surface area contributed by atoms with Gasteiger partial charge in [-0.3, -0.25) is 0 Å². The van der Waals surface area contributed by atoms with Gasteiger partial charge >= 0.3 is 6.18 Å². The predicted octanol–water partition coefficient (Wildman–Crippen LogP) is 3.04. The van der Waals surface area contributed by atoms with Gasteiger partial charge in [-0.15, -0.1) is 0 Å². The molecular weight excluding hydrogens is 363 g/mol. The zero-order valence-electron chi connectivity index (χ0n) is 14.2. The summed E-state index contributed by atoms with van der Waals surface area (Å²) in [5, 5.41) is 6.86. The summed E-state index contributed by atoms with van der Waals surface area (Å²) in [6.07, 6.45) is 0.626. The number of halogens is 3. The largest absolute Gasteiger partial charge is 0.480 e. The summed E-state index contributed by atoms with van der Waals surface area (Å²) in [6.45, 7) is 0.991. The number of hydrogen-bond acceptors (Lipinski definition) is 6. The summed E-state index contributed by atoms with van der Waals surface area (Å²) in [5.41, 5.74) is 2.28. The van der Waals surface area contributed by atoms with E-state index in [2.05, 4.69) is 30.4 Å². The number of fused-ring (bicyclic) bond motifs is 2. The molecule has 27 heavy (non-hydrogen) atoms. The third-order valence-electron chi connectivity index (χ3n) is 4.06. The molecule has 0 aliphatic rings. The van der Waals surface area contributed by atoms with Crippen molar-refractivity contribution >= 4 is 22.6 Å². The molecular formula is C16H14F3N7O. The first-order chi connectivity index (χ1) is 12.9. The van der Waals surface area contributed by atoms with Crippen LogP contribution < -0.4 is 10.1 Å². The van der Waals surface area contributed by atoms with Crippen LogP contribution in [0.3, 0.4) is 0 Å². The van der Waals surface area contributed by atoms with E-state index in [0.29, 0.717) is 27.9 Å². The third kappa shape index (κ3) is 3.00. The Bertz CT molecular complexity index is 1120. The van der Waals surface area contributed by atoms with Crippen LogP contribution in [0.25, 0.3) is 27.9 Å².